The Morgan fingerprint density at radius 1 is 0.736 bits per heavy atom. The summed E-state index contributed by atoms with van der Waals surface area (Å²) in [5.74, 6) is 5.62. The number of hydrogen-bond donors (Lipinski definition) is 6. The normalized spacial score (nSPS) is 17.5. The number of carbonyl (C=O) groups excluding carboxylic acids is 2. The summed E-state index contributed by atoms with van der Waals surface area (Å²) in [5.41, 5.74) is 15.6. The zero-order valence-corrected chi connectivity index (χ0v) is 52.4. The Labute approximate surface area is 526 Å². The molecule has 14 rings (SSSR count). The van der Waals surface area contributed by atoms with Crippen LogP contribution in [-0.2, 0) is 4.79 Å². The van der Waals surface area contributed by atoms with E-state index in [1.165, 1.54) is 0 Å². The van der Waals surface area contributed by atoms with Gasteiger partial charge in [0.1, 0.15) is 71.5 Å². The molecule has 5 aromatic heterocycles. The summed E-state index contributed by atoms with van der Waals surface area (Å²) in [4.78, 5) is 50.2. The lowest BCUT2D eigenvalue weighted by molar-refractivity contribution is -0.385. The maximum Gasteiger partial charge on any atom is 0.298 e. The van der Waals surface area contributed by atoms with Crippen LogP contribution in [0, 0.1) is 45.1 Å². The van der Waals surface area contributed by atoms with Crippen molar-refractivity contribution in [3.8, 4) is 85.0 Å². The Morgan fingerprint density at radius 2 is 1.30 bits per heavy atom. The molecule has 0 unspecified atom stereocenters. The smallest absolute Gasteiger partial charge is 0.298 e. The first-order valence-electron chi connectivity index (χ1n) is 30.8. The molecule has 0 bridgehead atoms. The number of rotatable bonds is 10. The van der Waals surface area contributed by atoms with Gasteiger partial charge in [0.2, 0.25) is 5.75 Å². The fourth-order valence-corrected chi connectivity index (χ4v) is 12.2. The van der Waals surface area contributed by atoms with Crippen molar-refractivity contribution in [1.82, 2.24) is 35.6 Å². The Morgan fingerprint density at radius 3 is 1.89 bits per heavy atom. The van der Waals surface area contributed by atoms with Gasteiger partial charge in [-0.25, -0.2) is 15.0 Å². The standard InChI is InChI=1S/C32H33N5O6.C26H20N4O6.C6H13NO.C2H6.BH2O/c1-15-26(16(2)43-37-15)23-13-24-22(14-25(23)40-4)27-28(33-17(3)34-31(27)36-24)20-9-10-21(30-29(20)41-11-12-42-30)32(39)35-18-5-7-19(38)8-6-18;1-12-21(13(2)36-30-12)17-9-18-16(10-20(17)32-4)22-23(27-14(3)28-26(22)29-18)15-5-6-19(35-11-31)25-24(15)33-7-8-34-25;7-5-1-3-6(8)4-2-5;2*1-2/h9-10,13-14,18-19,38H,5-8,11-12H2,1-4H3,(H,35,39)(H,33,34,36);5-6,9-11H,3,7-8H2,1-2,4H3;5-6,8H,1-4,7H2;1-2H3;1-2H/p+1/i;;;;1T. The Balaban J connectivity index is 0.000000171. The number of ether oxygens (including phenoxy) is 7. The van der Waals surface area contributed by atoms with Crippen LogP contribution >= 0.6 is 0 Å². The molecule has 91 heavy (non-hydrogen) atoms. The minimum absolute atomic E-state index is 0.0105. The van der Waals surface area contributed by atoms with Gasteiger partial charge in [0, 0.05) is 46.2 Å². The van der Waals surface area contributed by atoms with Crippen LogP contribution in [0.3, 0.4) is 0 Å². The maximum atomic E-state index is 13.4. The van der Waals surface area contributed by atoms with E-state index in [1.807, 2.05) is 78.8 Å². The molecule has 4 aromatic carbocycles. The molecule has 24 nitrogen and oxygen atoms in total. The molecular weight excluding hydrogens is 1170 g/mol. The van der Waals surface area contributed by atoms with Crippen LogP contribution in [-0.4, -0.2) is 132 Å². The number of fused-ring (bicyclic) bond motifs is 7. The van der Waals surface area contributed by atoms with Crippen LogP contribution in [0.1, 0.15) is 104 Å². The molecule has 2 saturated carbocycles. The predicted octanol–water partition coefficient (Wildman–Crippen LogP) is 7.35. The molecule has 25 heteroatoms. The maximum absolute atomic E-state index is 13.4. The fraction of sp³-hybridized carbons (Fsp3) is 0.379. The van der Waals surface area contributed by atoms with Gasteiger partial charge in [-0.2, -0.15) is 0 Å². The monoisotopic (exact) mass is 1240 g/mol. The molecule has 3 aliphatic heterocycles. The molecule has 5 aliphatic rings. The van der Waals surface area contributed by atoms with Crippen LogP contribution in [0.2, 0.25) is 0 Å². The number of benzene rings is 4. The summed E-state index contributed by atoms with van der Waals surface area (Å²) >= 11 is 0. The topological polar surface area (TPSA) is 331 Å². The molecule has 1 radical (unpaired) electrons. The van der Waals surface area contributed by atoms with E-state index in [1.54, 1.807) is 32.4 Å². The Kier molecular flexibility index (Phi) is 19.6. The van der Waals surface area contributed by atoms with Gasteiger partial charge in [0.15, 0.2) is 28.7 Å². The SMILES string of the molecule is C=c1nc(-c2ccc(OC=O)c3c2OCCO3)c2c([nH+]1)N=c1cc(-c3c(C)noc3C)c(OC)cc1=2.CC.COc1cc2c(cc1-c1c(C)noc1C)[nH]c1nc(C)nc(-c3ccc(C(=O)NC4CCC(O)CC4)c4c3OCCO4)c12.NC1CCC(O)CC1.[3H][B]O. The van der Waals surface area contributed by atoms with E-state index in [-0.39, 0.29) is 37.9 Å². The molecule has 2 aliphatic carbocycles. The van der Waals surface area contributed by atoms with Gasteiger partial charge in [-0.1, -0.05) is 24.2 Å². The zero-order valence-electron chi connectivity index (χ0n) is 53.4. The number of aliphatic hydroxyl groups excluding tert-OH is 2. The Hall–Kier alpha value is -9.43. The molecule has 1 amide bonds. The third kappa shape index (κ3) is 13.0. The van der Waals surface area contributed by atoms with E-state index >= 15 is 0 Å². The highest BCUT2D eigenvalue weighted by Crippen LogP contribution is 2.49. The number of hydrogen-bond acceptors (Lipinski definition) is 21. The minimum Gasteiger partial charge on any atom is -0.496 e. The lowest BCUT2D eigenvalue weighted by Crippen LogP contribution is -2.39. The third-order valence-electron chi connectivity index (χ3n) is 16.3. The minimum atomic E-state index is -0.294. The molecule has 2 fully saturated rings. The molecule has 8 heterocycles. The van der Waals surface area contributed by atoms with E-state index in [2.05, 4.69) is 32.2 Å². The number of methoxy groups -OCH3 is 2. The quantitative estimate of drug-likeness (QED) is 0.0575. The highest BCUT2D eigenvalue weighted by atomic mass is 16.6. The largest absolute Gasteiger partial charge is 0.496 e. The number of aryl methyl sites for hydroxylation is 5. The summed E-state index contributed by atoms with van der Waals surface area (Å²) in [6, 6.07) is 15.3. The number of aromatic nitrogens is 7. The van der Waals surface area contributed by atoms with E-state index in [4.69, 9.17) is 79.3 Å². The summed E-state index contributed by atoms with van der Waals surface area (Å²) in [6.07, 6.45) is 6.30. The average Bonchev–Trinajstić information content (AvgIpc) is 1.52. The summed E-state index contributed by atoms with van der Waals surface area (Å²) in [6.45, 7) is 19.1. The summed E-state index contributed by atoms with van der Waals surface area (Å²) in [5, 5.41) is 41.3. The number of nitrogens with one attached hydrogen (secondary N) is 3. The van der Waals surface area contributed by atoms with Gasteiger partial charge in [-0.3, -0.25) is 9.59 Å². The van der Waals surface area contributed by atoms with E-state index in [9.17, 15) is 14.7 Å². The van der Waals surface area contributed by atoms with Gasteiger partial charge in [0.25, 0.3) is 31.7 Å². The second-order valence-corrected chi connectivity index (χ2v) is 22.1. The number of aromatic amines is 2. The number of aliphatic hydroxyl groups is 2. The third-order valence-corrected chi connectivity index (χ3v) is 16.3. The molecule has 0 atom stereocenters. The fourth-order valence-electron chi connectivity index (χ4n) is 12.2. The lowest BCUT2D eigenvalue weighted by atomic mass is 9.93. The molecule has 0 spiro atoms. The zero-order chi connectivity index (χ0) is 65.5. The molecule has 9 aromatic rings. The van der Waals surface area contributed by atoms with Crippen molar-refractivity contribution < 1.29 is 72.0 Å². The van der Waals surface area contributed by atoms with Crippen molar-refractivity contribution in [2.75, 3.05) is 40.6 Å². The van der Waals surface area contributed by atoms with Crippen molar-refractivity contribution in [2.45, 2.75) is 124 Å². The van der Waals surface area contributed by atoms with Gasteiger partial charge < -0.3 is 73.5 Å². The number of amides is 1. The van der Waals surface area contributed by atoms with Gasteiger partial charge in [-0.05, 0) is 141 Å². The molecule has 475 valence electrons. The van der Waals surface area contributed by atoms with Crippen LogP contribution < -0.4 is 60.0 Å². The first-order chi connectivity index (χ1) is 44.5. The average molecular weight is 1250 g/mol. The van der Waals surface area contributed by atoms with Crippen molar-refractivity contribution in [1.29, 1.82) is 1.34 Å². The van der Waals surface area contributed by atoms with Crippen molar-refractivity contribution in [2.24, 2.45) is 10.7 Å². The van der Waals surface area contributed by atoms with Crippen molar-refractivity contribution in [3.63, 3.8) is 0 Å². The van der Waals surface area contributed by atoms with Crippen LogP contribution in [0.15, 0.2) is 62.6 Å². The van der Waals surface area contributed by atoms with Gasteiger partial charge in [-0.15, -0.1) is 9.98 Å². The van der Waals surface area contributed by atoms with Crippen molar-refractivity contribution in [3.05, 3.63) is 104 Å². The van der Waals surface area contributed by atoms with Crippen LogP contribution in [0.25, 0.3) is 73.3 Å². The molecule has 0 saturated heterocycles. The first-order valence-corrected chi connectivity index (χ1v) is 30.2. The van der Waals surface area contributed by atoms with Crippen molar-refractivity contribution >= 4 is 54.7 Å². The highest BCUT2D eigenvalue weighted by molar-refractivity contribution is 6.14. The Bertz CT molecular complexity index is 4380. The first kappa shape index (κ1) is 63.2. The summed E-state index contributed by atoms with van der Waals surface area (Å²) in [7, 11) is 3.51. The van der Waals surface area contributed by atoms with Crippen LogP contribution in [0.5, 0.6) is 40.2 Å². The number of H-pyrrole nitrogens is 2. The molecule has 8 N–H and O–H groups in total. The van der Waals surface area contributed by atoms with E-state index in [0.717, 1.165) is 104 Å². The number of carbonyl (C=O) groups is 2. The summed E-state index contributed by atoms with van der Waals surface area (Å²) < 4.78 is 57.1. The van der Waals surface area contributed by atoms with E-state index in [0.29, 0.717) is 149 Å². The second kappa shape index (κ2) is 28.2. The lowest BCUT2D eigenvalue weighted by Gasteiger charge is -2.27. The second-order valence-electron chi connectivity index (χ2n) is 22.1. The molecular formula is C66H75BN10O14+. The van der Waals surface area contributed by atoms with Gasteiger partial charge >= 0.3 is 0 Å². The number of nitrogens with zero attached hydrogens (tertiary/aromatic N) is 6. The van der Waals surface area contributed by atoms with Crippen LogP contribution in [0.4, 0.5) is 5.82 Å². The number of nitrogens with two attached hydrogens (primary N) is 1. The highest BCUT2D eigenvalue weighted by Gasteiger charge is 2.32. The van der Waals surface area contributed by atoms with Gasteiger partial charge in [0.05, 0.1) is 71.1 Å². The predicted molar refractivity (Wildman–Crippen MR) is 338 cm³/mol. The van der Waals surface area contributed by atoms with E-state index < -0.39 is 0 Å².